The first-order valence-electron chi connectivity index (χ1n) is 15.4. The van der Waals surface area contributed by atoms with Gasteiger partial charge in [-0.3, -0.25) is 4.90 Å². The van der Waals surface area contributed by atoms with Gasteiger partial charge in [-0.1, -0.05) is 18.1 Å². The van der Waals surface area contributed by atoms with E-state index in [0.29, 0.717) is 40.2 Å². The Hall–Kier alpha value is -3.60. The van der Waals surface area contributed by atoms with Crippen molar-refractivity contribution in [1.82, 2.24) is 14.9 Å². The minimum atomic E-state index is -0.617. The van der Waals surface area contributed by atoms with Gasteiger partial charge in [0.1, 0.15) is 29.1 Å². The molecule has 45 heavy (non-hydrogen) atoms. The number of fused-ring (bicyclic) bond motifs is 3. The van der Waals surface area contributed by atoms with E-state index in [1.165, 1.54) is 44.2 Å². The Balaban J connectivity index is 0.000000337. The number of methoxy groups -OCH3 is 1. The average Bonchev–Trinajstić information content (AvgIpc) is 3.62. The summed E-state index contributed by atoms with van der Waals surface area (Å²) in [5, 5.41) is 11.8. The number of terminal acetylenes is 1. The van der Waals surface area contributed by atoms with E-state index in [1.54, 1.807) is 12.1 Å². The number of aromatic hydroxyl groups is 1. The average molecular weight is 635 g/mol. The number of aromatic nitrogens is 2. The number of phenols is 1. The second-order valence-electron chi connectivity index (χ2n) is 12.3. The molecule has 3 saturated heterocycles. The summed E-state index contributed by atoms with van der Waals surface area (Å²) in [5.74, 6) is 1.72. The minimum absolute atomic E-state index is 0.0117. The highest BCUT2D eigenvalue weighted by atomic mass is 31.1. The summed E-state index contributed by atoms with van der Waals surface area (Å²) in [6.07, 6.45) is 10.5. The van der Waals surface area contributed by atoms with Crippen LogP contribution in [0.15, 0.2) is 36.4 Å². The Bertz CT molecular complexity index is 1760. The molecule has 1 aromatic heterocycles. The summed E-state index contributed by atoms with van der Waals surface area (Å²) in [4.78, 5) is 13.4. The van der Waals surface area contributed by atoms with Gasteiger partial charge in [0.05, 0.1) is 12.7 Å². The van der Waals surface area contributed by atoms with Crippen molar-refractivity contribution in [3.05, 3.63) is 53.6 Å². The highest BCUT2D eigenvalue weighted by Gasteiger charge is 2.34. The van der Waals surface area contributed by atoms with E-state index in [1.807, 2.05) is 0 Å². The largest absolute Gasteiger partial charge is 0.508 e. The molecule has 0 saturated carbocycles. The fourth-order valence-electron chi connectivity index (χ4n) is 7.07. The number of ether oxygens (including phenoxy) is 1. The lowest BCUT2D eigenvalue weighted by molar-refractivity contribution is 0.292. The lowest BCUT2D eigenvalue weighted by atomic mass is 9.93. The van der Waals surface area contributed by atoms with Crippen LogP contribution in [0.2, 0.25) is 0 Å². The molecule has 2 atom stereocenters. The quantitative estimate of drug-likeness (QED) is 0.188. The second-order valence-corrected chi connectivity index (χ2v) is 15.0. The summed E-state index contributed by atoms with van der Waals surface area (Å²) in [5.41, 5.74) is 1.26. The van der Waals surface area contributed by atoms with E-state index >= 15 is 4.39 Å². The maximum Gasteiger partial charge on any atom is 0.318 e. The monoisotopic (exact) mass is 634 g/mol. The third-order valence-electron chi connectivity index (χ3n) is 9.39. The first-order valence-corrected chi connectivity index (χ1v) is 17.7. The SMILES string of the molecule is C#Cc1c(F)ccc2cc(O)cc(-c3ccc4c(N5CCC(P(C)C)CC5)nc(OC)nc4c3F)c12.FC1CC2CCCN2C1. The second kappa shape index (κ2) is 13.0. The minimum Gasteiger partial charge on any atom is -0.508 e. The zero-order valence-electron chi connectivity index (χ0n) is 25.9. The topological polar surface area (TPSA) is 61.7 Å². The zero-order valence-corrected chi connectivity index (χ0v) is 26.8. The van der Waals surface area contributed by atoms with Crippen LogP contribution in [0.3, 0.4) is 0 Å². The maximum absolute atomic E-state index is 16.2. The molecule has 2 unspecified atom stereocenters. The van der Waals surface area contributed by atoms with E-state index in [2.05, 4.69) is 39.0 Å². The van der Waals surface area contributed by atoms with Gasteiger partial charge in [-0.05, 0) is 92.9 Å². The summed E-state index contributed by atoms with van der Waals surface area (Å²) in [6.45, 7) is 8.11. The molecule has 3 aliphatic heterocycles. The van der Waals surface area contributed by atoms with E-state index in [-0.39, 0.29) is 41.9 Å². The van der Waals surface area contributed by atoms with Crippen LogP contribution in [0.5, 0.6) is 11.8 Å². The predicted octanol–water partition coefficient (Wildman–Crippen LogP) is 7.33. The van der Waals surface area contributed by atoms with Gasteiger partial charge in [-0.25, -0.2) is 13.2 Å². The Labute approximate surface area is 263 Å². The lowest BCUT2D eigenvalue weighted by Gasteiger charge is -2.35. The Kier molecular flexibility index (Phi) is 9.08. The van der Waals surface area contributed by atoms with Gasteiger partial charge < -0.3 is 14.7 Å². The van der Waals surface area contributed by atoms with Gasteiger partial charge in [0.15, 0.2) is 5.82 Å². The molecule has 0 radical (unpaired) electrons. The van der Waals surface area contributed by atoms with Crippen LogP contribution in [-0.4, -0.2) is 84.5 Å². The number of anilines is 1. The molecule has 0 spiro atoms. The number of alkyl halides is 1. The lowest BCUT2D eigenvalue weighted by Crippen LogP contribution is -2.36. The fraction of sp³-hybridized carbons (Fsp3) is 0.429. The molecular formula is C35H38F3N4O2P. The molecule has 4 aromatic rings. The first kappa shape index (κ1) is 31.4. The number of hydrogen-bond acceptors (Lipinski definition) is 6. The van der Waals surface area contributed by atoms with Crippen molar-refractivity contribution in [3.8, 4) is 35.2 Å². The van der Waals surface area contributed by atoms with Gasteiger partial charge >= 0.3 is 6.01 Å². The number of halogens is 3. The Morgan fingerprint density at radius 2 is 1.80 bits per heavy atom. The molecule has 3 aliphatic rings. The maximum atomic E-state index is 16.2. The van der Waals surface area contributed by atoms with Crippen molar-refractivity contribution in [2.75, 3.05) is 51.5 Å². The summed E-state index contributed by atoms with van der Waals surface area (Å²) in [6, 6.07) is 9.69. The fourth-order valence-corrected chi connectivity index (χ4v) is 8.33. The number of benzene rings is 3. The van der Waals surface area contributed by atoms with Crippen LogP contribution < -0.4 is 9.64 Å². The predicted molar refractivity (Wildman–Crippen MR) is 177 cm³/mol. The van der Waals surface area contributed by atoms with Crippen molar-refractivity contribution < 1.29 is 23.0 Å². The molecule has 1 N–H and O–H groups in total. The molecule has 10 heteroatoms. The van der Waals surface area contributed by atoms with E-state index in [0.717, 1.165) is 38.9 Å². The summed E-state index contributed by atoms with van der Waals surface area (Å²) in [7, 11) is 1.43. The molecule has 0 amide bonds. The summed E-state index contributed by atoms with van der Waals surface area (Å²) < 4.78 is 48.7. The van der Waals surface area contributed by atoms with Crippen molar-refractivity contribution in [3.63, 3.8) is 0 Å². The molecule has 3 aromatic carbocycles. The van der Waals surface area contributed by atoms with Crippen LogP contribution in [-0.2, 0) is 0 Å². The number of rotatable bonds is 4. The van der Waals surface area contributed by atoms with Crippen molar-refractivity contribution >= 4 is 35.4 Å². The number of piperidine rings is 1. The molecule has 4 heterocycles. The zero-order chi connectivity index (χ0) is 31.8. The standard InChI is InChI=1S/C28H26F2N3O2P.C7H12FN/c1-5-19-23(29)9-6-16-14-17(34)15-22(24(16)19)20-7-8-21-26(25(20)30)31-28(35-2)32-27(21)33-12-10-18(11-13-33)36(3)4;8-6-4-7-2-1-3-9(7)5-6/h1,6-9,14-15,18,34H,10-13H2,2-4H3;6-7H,1-5H2. The van der Waals surface area contributed by atoms with Gasteiger partial charge in [-0.2, -0.15) is 9.97 Å². The van der Waals surface area contributed by atoms with Gasteiger partial charge in [0.25, 0.3) is 0 Å². The molecule has 0 aliphatic carbocycles. The molecule has 6 nitrogen and oxygen atoms in total. The highest BCUT2D eigenvalue weighted by Crippen LogP contribution is 2.42. The number of hydrogen-bond donors (Lipinski definition) is 1. The Morgan fingerprint density at radius 1 is 1.02 bits per heavy atom. The third kappa shape index (κ3) is 6.15. The van der Waals surface area contributed by atoms with Gasteiger partial charge in [-0.15, -0.1) is 14.3 Å². The van der Waals surface area contributed by atoms with Crippen LogP contribution in [0.25, 0.3) is 32.8 Å². The molecule has 3 fully saturated rings. The van der Waals surface area contributed by atoms with E-state index < -0.39 is 17.8 Å². The molecular weight excluding hydrogens is 596 g/mol. The first-order chi connectivity index (χ1) is 21.7. The van der Waals surface area contributed by atoms with E-state index in [4.69, 9.17) is 11.2 Å². The smallest absolute Gasteiger partial charge is 0.318 e. The van der Waals surface area contributed by atoms with Crippen molar-refractivity contribution in [1.29, 1.82) is 0 Å². The van der Waals surface area contributed by atoms with Gasteiger partial charge in [0.2, 0.25) is 0 Å². The van der Waals surface area contributed by atoms with Crippen LogP contribution >= 0.6 is 7.92 Å². The number of nitrogens with zero attached hydrogens (tertiary/aromatic N) is 4. The van der Waals surface area contributed by atoms with Crippen molar-refractivity contribution in [2.24, 2.45) is 0 Å². The van der Waals surface area contributed by atoms with E-state index in [9.17, 15) is 13.9 Å². The normalized spacial score (nSPS) is 20.4. The number of phenolic OH excluding ortho intramolecular Hbond substituents is 1. The molecule has 7 rings (SSSR count). The molecule has 236 valence electrons. The van der Waals surface area contributed by atoms with Crippen LogP contribution in [0.4, 0.5) is 19.0 Å². The van der Waals surface area contributed by atoms with Crippen molar-refractivity contribution in [2.45, 2.75) is 50.0 Å². The summed E-state index contributed by atoms with van der Waals surface area (Å²) >= 11 is 0. The third-order valence-corrected chi connectivity index (χ3v) is 11.4. The highest BCUT2D eigenvalue weighted by molar-refractivity contribution is 7.56. The Morgan fingerprint density at radius 3 is 2.49 bits per heavy atom. The van der Waals surface area contributed by atoms with Gasteiger partial charge in [0, 0.05) is 42.0 Å². The molecule has 0 bridgehead atoms. The van der Waals surface area contributed by atoms with Crippen LogP contribution in [0.1, 0.15) is 37.7 Å². The van der Waals surface area contributed by atoms with Crippen LogP contribution in [0, 0.1) is 24.0 Å².